The number of hydrogen-bond acceptors (Lipinski definition) is 16. The Morgan fingerprint density at radius 2 is 0.829 bits per heavy atom. The molecule has 3 aromatic carbocycles. The summed E-state index contributed by atoms with van der Waals surface area (Å²) in [4.78, 5) is 39.8. The third-order valence-corrected chi connectivity index (χ3v) is 13.9. The number of rotatable bonds is 18. The number of esters is 2. The van der Waals surface area contributed by atoms with Crippen molar-refractivity contribution < 1.29 is 66.6 Å². The lowest BCUT2D eigenvalue weighted by Gasteiger charge is -2.56. The molecule has 6 saturated heterocycles. The molecule has 16 nitrogen and oxygen atoms in total. The van der Waals surface area contributed by atoms with E-state index < -0.39 is 57.9 Å². The van der Waals surface area contributed by atoms with Gasteiger partial charge in [-0.1, -0.05) is 24.3 Å². The summed E-state index contributed by atoms with van der Waals surface area (Å²) in [5, 5.41) is 4.15. The Hall–Kier alpha value is -4.20. The van der Waals surface area contributed by atoms with Crippen LogP contribution in [-0.4, -0.2) is 133 Å². The van der Waals surface area contributed by atoms with E-state index in [4.69, 9.17) is 57.0 Å². The first kappa shape index (κ1) is 50.7. The summed E-state index contributed by atoms with van der Waals surface area (Å²) < 4.78 is 59.5. The Bertz CT molecular complexity index is 2100. The van der Waals surface area contributed by atoms with Crippen LogP contribution in [0.4, 0.5) is 0 Å². The maximum absolute atomic E-state index is 13.2. The van der Waals surface area contributed by atoms with Crippen molar-refractivity contribution in [1.82, 2.24) is 10.1 Å². The number of hydrogen-bond donors (Lipinski definition) is 0. The van der Waals surface area contributed by atoms with Crippen molar-refractivity contribution >= 4 is 11.9 Å². The standard InChI is InChI=1S/C54H72N2O14/c1-35(37-15-19-41(20-16-37)59-23-43-25-61-43)69-55-49(3,4)31-53(32-50(55,5)6)65-29-45(67-53)27-63-47(57)39-11-13-40(14-12-39)48(58)64-28-46-30-66-54(68-46)33-51(7,8)56(52(9,10)34-54)70-36(2)38-17-21-42(22-18-38)60-24-44-26-62-44/h11-22,35-36,43-46H,23-34H2,1-10H3. The minimum atomic E-state index is -0.870. The Balaban J connectivity index is 0.708. The van der Waals surface area contributed by atoms with Gasteiger partial charge in [-0.15, -0.1) is 0 Å². The molecule has 0 radical (unpaired) electrons. The fraction of sp³-hybridized carbons (Fsp3) is 0.630. The molecule has 16 heteroatoms. The number of nitrogens with zero attached hydrogens (tertiary/aromatic N) is 2. The van der Waals surface area contributed by atoms with Gasteiger partial charge >= 0.3 is 11.9 Å². The molecule has 6 atom stereocenters. The summed E-state index contributed by atoms with van der Waals surface area (Å²) in [6.45, 7) is 24.3. The van der Waals surface area contributed by atoms with Crippen molar-refractivity contribution in [2.24, 2.45) is 0 Å². The van der Waals surface area contributed by atoms with Crippen LogP contribution in [0, 0.1) is 0 Å². The average molecular weight is 973 g/mol. The minimum Gasteiger partial charge on any atom is -0.491 e. The monoisotopic (exact) mass is 972 g/mol. The van der Waals surface area contributed by atoms with Crippen LogP contribution in [0.15, 0.2) is 72.8 Å². The van der Waals surface area contributed by atoms with Crippen molar-refractivity contribution in [3.05, 3.63) is 95.1 Å². The maximum atomic E-state index is 13.2. The molecule has 0 bridgehead atoms. The van der Waals surface area contributed by atoms with E-state index in [0.29, 0.717) is 50.0 Å². The molecule has 0 aliphatic carbocycles. The topological polar surface area (TPSA) is 158 Å². The van der Waals surface area contributed by atoms with Gasteiger partial charge in [-0.05, 0) is 129 Å². The molecule has 0 N–H and O–H groups in total. The second-order valence-corrected chi connectivity index (χ2v) is 22.4. The molecule has 3 aromatic rings. The number of carbonyl (C=O) groups is 2. The van der Waals surface area contributed by atoms with Gasteiger partial charge in [-0.25, -0.2) is 9.59 Å². The summed E-state index contributed by atoms with van der Waals surface area (Å²) in [5.74, 6) is -1.19. The van der Waals surface area contributed by atoms with Gasteiger partial charge in [-0.3, -0.25) is 9.68 Å². The van der Waals surface area contributed by atoms with Crippen LogP contribution in [0.3, 0.4) is 0 Å². The van der Waals surface area contributed by atoms with Gasteiger partial charge in [0.15, 0.2) is 11.6 Å². The second-order valence-electron chi connectivity index (χ2n) is 22.4. The van der Waals surface area contributed by atoms with Crippen molar-refractivity contribution in [2.75, 3.05) is 52.9 Å². The third-order valence-electron chi connectivity index (χ3n) is 13.9. The summed E-state index contributed by atoms with van der Waals surface area (Å²) in [5.41, 5.74) is 0.825. The number of benzene rings is 3. The summed E-state index contributed by atoms with van der Waals surface area (Å²) in [6.07, 6.45) is 1.26. The Kier molecular flexibility index (Phi) is 14.3. The van der Waals surface area contributed by atoms with Crippen LogP contribution in [0.2, 0.25) is 0 Å². The molecule has 6 aliphatic heterocycles. The zero-order valence-electron chi connectivity index (χ0n) is 42.5. The molecule has 6 fully saturated rings. The van der Waals surface area contributed by atoms with Crippen molar-refractivity contribution in [2.45, 2.75) is 165 Å². The van der Waals surface area contributed by atoms with E-state index in [0.717, 1.165) is 35.8 Å². The fourth-order valence-electron chi connectivity index (χ4n) is 11.1. The Morgan fingerprint density at radius 1 is 0.500 bits per heavy atom. The maximum Gasteiger partial charge on any atom is 0.338 e. The summed E-state index contributed by atoms with van der Waals surface area (Å²) in [6, 6.07) is 22.2. The predicted molar refractivity (Wildman–Crippen MR) is 255 cm³/mol. The Labute approximate surface area is 412 Å². The lowest BCUT2D eigenvalue weighted by molar-refractivity contribution is -0.352. The molecular weight excluding hydrogens is 901 g/mol. The van der Waals surface area contributed by atoms with Crippen LogP contribution < -0.4 is 9.47 Å². The van der Waals surface area contributed by atoms with E-state index in [1.807, 2.05) is 62.4 Å². The van der Waals surface area contributed by atoms with Gasteiger partial charge in [0, 0.05) is 47.8 Å². The van der Waals surface area contributed by atoms with Crippen LogP contribution in [0.1, 0.15) is 139 Å². The lowest BCUT2D eigenvalue weighted by Crippen LogP contribution is -2.65. The molecule has 6 unspecified atom stereocenters. The highest BCUT2D eigenvalue weighted by atomic mass is 16.8. The molecular formula is C54H72N2O14. The number of carbonyl (C=O) groups excluding carboxylic acids is 2. The van der Waals surface area contributed by atoms with Gasteiger partial charge in [0.2, 0.25) is 0 Å². The van der Waals surface area contributed by atoms with Crippen LogP contribution in [0.5, 0.6) is 11.5 Å². The fourth-order valence-corrected chi connectivity index (χ4v) is 11.1. The number of epoxide rings is 2. The first-order valence-electron chi connectivity index (χ1n) is 24.8. The zero-order chi connectivity index (χ0) is 49.7. The second kappa shape index (κ2) is 19.7. The number of ether oxygens (including phenoxy) is 10. The van der Waals surface area contributed by atoms with Gasteiger partial charge in [0.1, 0.15) is 74.6 Å². The Morgan fingerprint density at radius 3 is 1.14 bits per heavy atom. The molecule has 70 heavy (non-hydrogen) atoms. The van der Waals surface area contributed by atoms with E-state index in [2.05, 4.69) is 65.5 Å². The molecule has 9 rings (SSSR count). The first-order chi connectivity index (χ1) is 33.1. The van der Waals surface area contributed by atoms with Crippen molar-refractivity contribution in [1.29, 1.82) is 0 Å². The first-order valence-corrected chi connectivity index (χ1v) is 24.8. The molecule has 2 spiro atoms. The van der Waals surface area contributed by atoms with Gasteiger partial charge < -0.3 is 47.4 Å². The highest BCUT2D eigenvalue weighted by molar-refractivity contribution is 5.93. The average Bonchev–Trinajstić information content (AvgIpc) is 4.25. The number of hydroxylamine groups is 4. The van der Waals surface area contributed by atoms with E-state index in [1.54, 1.807) is 24.3 Å². The predicted octanol–water partition coefficient (Wildman–Crippen LogP) is 8.47. The molecule has 0 amide bonds. The highest BCUT2D eigenvalue weighted by Crippen LogP contribution is 2.51. The molecule has 0 saturated carbocycles. The SMILES string of the molecule is CC(ON1C(C)(C)CC2(CC1(C)C)OCC(COC(=O)c1ccc(C(=O)OCC3COC4(CC(C)(C)N(OC(C)c5ccc(OCC6CO6)cc5)C(C)(C)C4)O3)cc1)O2)c1ccc(OCC2CO2)cc1. The van der Waals surface area contributed by atoms with Gasteiger partial charge in [0.05, 0.1) is 37.6 Å². The van der Waals surface area contributed by atoms with Gasteiger partial charge in [0.25, 0.3) is 0 Å². The summed E-state index contributed by atoms with van der Waals surface area (Å²) >= 11 is 0. The molecule has 382 valence electrons. The number of piperidine rings is 2. The van der Waals surface area contributed by atoms with E-state index in [9.17, 15) is 9.59 Å². The largest absolute Gasteiger partial charge is 0.491 e. The van der Waals surface area contributed by atoms with Gasteiger partial charge in [-0.2, -0.15) is 10.1 Å². The van der Waals surface area contributed by atoms with Crippen LogP contribution in [-0.2, 0) is 47.6 Å². The third kappa shape index (κ3) is 11.8. The van der Waals surface area contributed by atoms with Crippen LogP contribution >= 0.6 is 0 Å². The van der Waals surface area contributed by atoms with E-state index >= 15 is 0 Å². The zero-order valence-corrected chi connectivity index (χ0v) is 42.5. The smallest absolute Gasteiger partial charge is 0.338 e. The van der Waals surface area contributed by atoms with E-state index in [-0.39, 0.29) is 50.8 Å². The molecule has 6 heterocycles. The lowest BCUT2D eigenvalue weighted by atomic mass is 9.78. The minimum absolute atomic E-state index is 0.0151. The normalized spacial score (nSPS) is 27.7. The summed E-state index contributed by atoms with van der Waals surface area (Å²) in [7, 11) is 0. The molecule has 0 aromatic heterocycles. The van der Waals surface area contributed by atoms with Crippen LogP contribution in [0.25, 0.3) is 0 Å². The molecule has 6 aliphatic rings. The quantitative estimate of drug-likeness (QED) is 0.0882. The highest BCUT2D eigenvalue weighted by Gasteiger charge is 2.59. The van der Waals surface area contributed by atoms with Crippen molar-refractivity contribution in [3.63, 3.8) is 0 Å². The van der Waals surface area contributed by atoms with Crippen molar-refractivity contribution in [3.8, 4) is 11.5 Å². The van der Waals surface area contributed by atoms with E-state index in [1.165, 1.54) is 0 Å².